The summed E-state index contributed by atoms with van der Waals surface area (Å²) in [7, 11) is 0. The Morgan fingerprint density at radius 3 is 2.13 bits per heavy atom. The number of benzene rings is 3. The Balaban J connectivity index is 1.53. The van der Waals surface area contributed by atoms with E-state index in [2.05, 4.69) is 42.7 Å². The summed E-state index contributed by atoms with van der Waals surface area (Å²) in [5.74, 6) is 0.805. The number of hydrogen-bond donors (Lipinski definition) is 1. The van der Waals surface area contributed by atoms with E-state index in [9.17, 15) is 5.11 Å². The minimum Gasteiger partial charge on any atom is -0.489 e. The smallest absolute Gasteiger partial charge is 0.119 e. The zero-order valence-corrected chi connectivity index (χ0v) is 18.4. The third kappa shape index (κ3) is 7.39. The summed E-state index contributed by atoms with van der Waals surface area (Å²) in [6, 6.07) is 28.8. The van der Waals surface area contributed by atoms with E-state index in [1.54, 1.807) is 0 Å². The summed E-state index contributed by atoms with van der Waals surface area (Å²) < 4.78 is 5.85. The summed E-state index contributed by atoms with van der Waals surface area (Å²) in [6.45, 7) is 7.99. The molecule has 3 heteroatoms. The van der Waals surface area contributed by atoms with Crippen molar-refractivity contribution in [1.82, 2.24) is 4.90 Å². The van der Waals surface area contributed by atoms with Crippen LogP contribution in [0.25, 0.3) is 0 Å². The summed E-state index contributed by atoms with van der Waals surface area (Å²) >= 11 is 0. The number of hydrogen-bond acceptors (Lipinski definition) is 3. The molecule has 3 nitrogen and oxygen atoms in total. The van der Waals surface area contributed by atoms with Gasteiger partial charge in [0.15, 0.2) is 0 Å². The Morgan fingerprint density at radius 2 is 1.52 bits per heavy atom. The number of nitrogens with zero attached hydrogens (tertiary/aromatic N) is 1. The molecule has 3 rings (SSSR count). The summed E-state index contributed by atoms with van der Waals surface area (Å²) in [6.07, 6.45) is 3.42. The molecule has 31 heavy (non-hydrogen) atoms. The van der Waals surface area contributed by atoms with Gasteiger partial charge in [-0.25, -0.2) is 0 Å². The average molecular weight is 416 g/mol. The van der Waals surface area contributed by atoms with Crippen molar-refractivity contribution in [2.45, 2.75) is 38.5 Å². The topological polar surface area (TPSA) is 32.7 Å². The first-order valence-electron chi connectivity index (χ1n) is 11.0. The van der Waals surface area contributed by atoms with Gasteiger partial charge in [-0.15, -0.1) is 6.58 Å². The molecule has 0 heterocycles. The van der Waals surface area contributed by atoms with Crippen molar-refractivity contribution in [3.05, 3.63) is 114 Å². The largest absolute Gasteiger partial charge is 0.489 e. The van der Waals surface area contributed by atoms with Gasteiger partial charge in [-0.1, -0.05) is 78.9 Å². The highest BCUT2D eigenvalue weighted by Gasteiger charge is 2.18. The van der Waals surface area contributed by atoms with Gasteiger partial charge in [-0.2, -0.15) is 0 Å². The van der Waals surface area contributed by atoms with Gasteiger partial charge in [0.2, 0.25) is 0 Å². The van der Waals surface area contributed by atoms with Crippen LogP contribution in [-0.2, 0) is 13.0 Å². The Labute approximate surface area is 186 Å². The Kier molecular flexibility index (Phi) is 8.89. The number of aryl methyl sites for hydroxylation is 1. The third-order valence-electron chi connectivity index (χ3n) is 5.60. The van der Waals surface area contributed by atoms with Crippen LogP contribution in [-0.4, -0.2) is 29.1 Å². The second kappa shape index (κ2) is 12.1. The first-order valence-corrected chi connectivity index (χ1v) is 11.0. The van der Waals surface area contributed by atoms with Crippen LogP contribution in [0.4, 0.5) is 0 Å². The second-order valence-electron chi connectivity index (χ2n) is 7.97. The fraction of sp³-hybridized carbons (Fsp3) is 0.286. The zero-order chi connectivity index (χ0) is 21.9. The molecule has 0 aliphatic carbocycles. The quantitative estimate of drug-likeness (QED) is 0.379. The number of ether oxygens (including phenoxy) is 1. The standard InChI is InChI=1S/C28H33NO2/c1-3-20-29(23(2)14-15-24-10-6-4-7-11-24)21-28(30)26-16-18-27(19-17-26)31-22-25-12-8-5-9-13-25/h3-13,16-19,23,28,30H,1,14-15,20-22H2,2H3. The molecule has 0 amide bonds. The molecular formula is C28H33NO2. The Morgan fingerprint density at radius 1 is 0.903 bits per heavy atom. The van der Waals surface area contributed by atoms with Gasteiger partial charge in [-0.05, 0) is 48.6 Å². The van der Waals surface area contributed by atoms with Crippen LogP contribution in [0.3, 0.4) is 0 Å². The molecule has 1 N–H and O–H groups in total. The van der Waals surface area contributed by atoms with Crippen LogP contribution < -0.4 is 4.74 Å². The van der Waals surface area contributed by atoms with Crippen molar-refractivity contribution in [1.29, 1.82) is 0 Å². The molecule has 2 unspecified atom stereocenters. The van der Waals surface area contributed by atoms with E-state index in [0.29, 0.717) is 19.2 Å². The van der Waals surface area contributed by atoms with E-state index in [1.165, 1.54) is 5.56 Å². The van der Waals surface area contributed by atoms with E-state index in [-0.39, 0.29) is 0 Å². The predicted molar refractivity (Wildman–Crippen MR) is 128 cm³/mol. The van der Waals surface area contributed by atoms with Gasteiger partial charge < -0.3 is 9.84 Å². The molecule has 0 bridgehead atoms. The molecule has 162 valence electrons. The van der Waals surface area contributed by atoms with Crippen LogP contribution >= 0.6 is 0 Å². The van der Waals surface area contributed by atoms with Crippen molar-refractivity contribution >= 4 is 0 Å². The zero-order valence-electron chi connectivity index (χ0n) is 18.4. The van der Waals surface area contributed by atoms with Gasteiger partial charge in [0.1, 0.15) is 12.4 Å². The van der Waals surface area contributed by atoms with Crippen molar-refractivity contribution in [2.24, 2.45) is 0 Å². The van der Waals surface area contributed by atoms with E-state index in [4.69, 9.17) is 4.74 Å². The molecule has 3 aromatic carbocycles. The molecule has 0 radical (unpaired) electrons. The lowest BCUT2D eigenvalue weighted by atomic mass is 10.0. The maximum Gasteiger partial charge on any atom is 0.119 e. The molecule has 0 saturated carbocycles. The van der Waals surface area contributed by atoms with Crippen LogP contribution in [0.15, 0.2) is 97.6 Å². The average Bonchev–Trinajstić information content (AvgIpc) is 2.82. The van der Waals surface area contributed by atoms with Gasteiger partial charge in [0.25, 0.3) is 0 Å². The number of aliphatic hydroxyl groups excluding tert-OH is 1. The van der Waals surface area contributed by atoms with Crippen LogP contribution in [0.1, 0.15) is 36.1 Å². The van der Waals surface area contributed by atoms with E-state index >= 15 is 0 Å². The molecule has 2 atom stereocenters. The monoisotopic (exact) mass is 415 g/mol. The van der Waals surface area contributed by atoms with Gasteiger partial charge in [0.05, 0.1) is 6.10 Å². The molecule has 3 aromatic rings. The third-order valence-corrected chi connectivity index (χ3v) is 5.60. The number of aliphatic hydroxyl groups is 1. The van der Waals surface area contributed by atoms with E-state index in [0.717, 1.165) is 36.3 Å². The molecule has 0 fully saturated rings. The molecule has 0 spiro atoms. The highest BCUT2D eigenvalue weighted by atomic mass is 16.5. The minimum absolute atomic E-state index is 0.348. The Hall–Kier alpha value is -2.88. The van der Waals surface area contributed by atoms with Crippen LogP contribution in [0.5, 0.6) is 5.75 Å². The SMILES string of the molecule is C=CCN(CC(O)c1ccc(OCc2ccccc2)cc1)C(C)CCc1ccccc1. The second-order valence-corrected chi connectivity index (χ2v) is 7.97. The molecular weight excluding hydrogens is 382 g/mol. The maximum absolute atomic E-state index is 10.8. The van der Waals surface area contributed by atoms with Crippen molar-refractivity contribution < 1.29 is 9.84 Å². The van der Waals surface area contributed by atoms with E-state index < -0.39 is 6.10 Å². The lowest BCUT2D eigenvalue weighted by Crippen LogP contribution is -2.37. The van der Waals surface area contributed by atoms with Crippen LogP contribution in [0, 0.1) is 0 Å². The lowest BCUT2D eigenvalue weighted by molar-refractivity contribution is 0.0964. The fourth-order valence-electron chi connectivity index (χ4n) is 3.66. The molecule has 0 aromatic heterocycles. The summed E-state index contributed by atoms with van der Waals surface area (Å²) in [5, 5.41) is 10.8. The normalized spacial score (nSPS) is 13.0. The summed E-state index contributed by atoms with van der Waals surface area (Å²) in [4.78, 5) is 2.29. The van der Waals surface area contributed by atoms with Gasteiger partial charge in [-0.3, -0.25) is 4.90 Å². The maximum atomic E-state index is 10.8. The highest BCUT2D eigenvalue weighted by Crippen LogP contribution is 2.21. The predicted octanol–water partition coefficient (Wildman–Crippen LogP) is 5.81. The van der Waals surface area contributed by atoms with Crippen LogP contribution in [0.2, 0.25) is 0 Å². The number of rotatable bonds is 12. The lowest BCUT2D eigenvalue weighted by Gasteiger charge is -2.30. The molecule has 0 aliphatic rings. The van der Waals surface area contributed by atoms with Gasteiger partial charge in [0, 0.05) is 19.1 Å². The first kappa shape index (κ1) is 22.8. The molecule has 0 saturated heterocycles. The molecule has 0 aliphatic heterocycles. The summed E-state index contributed by atoms with van der Waals surface area (Å²) in [5.41, 5.74) is 3.38. The van der Waals surface area contributed by atoms with Gasteiger partial charge >= 0.3 is 0 Å². The highest BCUT2D eigenvalue weighted by molar-refractivity contribution is 5.29. The Bertz CT molecular complexity index is 893. The van der Waals surface area contributed by atoms with Crippen molar-refractivity contribution in [3.8, 4) is 5.75 Å². The van der Waals surface area contributed by atoms with Crippen molar-refractivity contribution in [3.63, 3.8) is 0 Å². The first-order chi connectivity index (χ1) is 15.2. The van der Waals surface area contributed by atoms with E-state index in [1.807, 2.05) is 66.7 Å². The van der Waals surface area contributed by atoms with Crippen molar-refractivity contribution in [2.75, 3.05) is 13.1 Å². The fourth-order valence-corrected chi connectivity index (χ4v) is 3.66. The minimum atomic E-state index is -0.553.